The normalized spacial score (nSPS) is 24.6. The molecule has 0 unspecified atom stereocenters. The Morgan fingerprint density at radius 2 is 1.67 bits per heavy atom. The van der Waals surface area contributed by atoms with E-state index in [4.69, 9.17) is 5.26 Å². The Hall–Kier alpha value is -0.590. The van der Waals surface area contributed by atoms with Crippen LogP contribution in [0.3, 0.4) is 0 Å². The van der Waals surface area contributed by atoms with Crippen LogP contribution in [0, 0.1) is 22.7 Å². The Bertz CT molecular complexity index is 431. The van der Waals surface area contributed by atoms with Crippen LogP contribution in [-0.4, -0.2) is 11.5 Å². The molecule has 2 rings (SSSR count). The molecule has 0 atom stereocenters. The summed E-state index contributed by atoms with van der Waals surface area (Å²) in [5, 5.41) is 8.80. The van der Waals surface area contributed by atoms with Crippen molar-refractivity contribution in [3.63, 3.8) is 0 Å². The van der Waals surface area contributed by atoms with Gasteiger partial charge < -0.3 is 0 Å². The maximum atomic E-state index is 8.80. The first-order valence-electron chi connectivity index (χ1n) is 6.24. The molecule has 0 saturated carbocycles. The van der Waals surface area contributed by atoms with Gasteiger partial charge in [0.15, 0.2) is 0 Å². The quantitative estimate of drug-likeness (QED) is 0.743. The zero-order chi connectivity index (χ0) is 13.2. The molecule has 0 N–H and O–H groups in total. The smallest absolute Gasteiger partial charge is 0.0991 e. The molecule has 1 nitrogen and oxygen atoms in total. The molecule has 18 heavy (non-hydrogen) atoms. The van der Waals surface area contributed by atoms with Crippen molar-refractivity contribution < 1.29 is 0 Å². The number of hydrogen-bond acceptors (Lipinski definition) is 3. The lowest BCUT2D eigenvalue weighted by Gasteiger charge is -2.36. The van der Waals surface area contributed by atoms with Gasteiger partial charge in [-0.15, -0.1) is 23.5 Å². The molecule has 0 spiro atoms. The number of benzene rings is 1. The molecule has 3 heteroatoms. The van der Waals surface area contributed by atoms with Gasteiger partial charge in [-0.3, -0.25) is 0 Å². The molecule has 0 bridgehead atoms. The highest BCUT2D eigenvalue weighted by Crippen LogP contribution is 2.49. The van der Waals surface area contributed by atoms with Gasteiger partial charge in [0.25, 0.3) is 0 Å². The van der Waals surface area contributed by atoms with Gasteiger partial charge in [-0.1, -0.05) is 32.9 Å². The van der Waals surface area contributed by atoms with E-state index in [9.17, 15) is 0 Å². The van der Waals surface area contributed by atoms with E-state index in [1.807, 2.05) is 35.7 Å². The van der Waals surface area contributed by atoms with Crippen LogP contribution in [0.4, 0.5) is 0 Å². The fourth-order valence-electron chi connectivity index (χ4n) is 1.91. The highest BCUT2D eigenvalue weighted by molar-refractivity contribution is 8.16. The Labute approximate surface area is 118 Å². The molecular formula is C15H19NS2. The second-order valence-corrected chi connectivity index (χ2v) is 8.37. The summed E-state index contributed by atoms with van der Waals surface area (Å²) in [4.78, 5) is 0. The molecule has 1 saturated heterocycles. The van der Waals surface area contributed by atoms with Crippen LogP contribution < -0.4 is 0 Å². The van der Waals surface area contributed by atoms with Gasteiger partial charge in [-0.05, 0) is 40.5 Å². The van der Waals surface area contributed by atoms with E-state index in [0.717, 1.165) is 11.5 Å². The molecule has 1 heterocycles. The summed E-state index contributed by atoms with van der Waals surface area (Å²) in [6.07, 6.45) is 0. The van der Waals surface area contributed by atoms with E-state index >= 15 is 0 Å². The highest BCUT2D eigenvalue weighted by atomic mass is 32.2. The largest absolute Gasteiger partial charge is 0.192 e. The molecule has 1 aliphatic rings. The SMILES string of the molecule is CC(C)(C)C1CSC(c2ccc(C#N)cc2)SC1. The summed E-state index contributed by atoms with van der Waals surface area (Å²) >= 11 is 4.09. The molecule has 0 aromatic heterocycles. The summed E-state index contributed by atoms with van der Waals surface area (Å²) in [6.45, 7) is 7.00. The Kier molecular flexibility index (Phi) is 4.29. The topological polar surface area (TPSA) is 23.8 Å². The van der Waals surface area contributed by atoms with Gasteiger partial charge in [0.05, 0.1) is 16.2 Å². The van der Waals surface area contributed by atoms with Crippen LogP contribution >= 0.6 is 23.5 Å². The van der Waals surface area contributed by atoms with E-state index < -0.39 is 0 Å². The maximum absolute atomic E-state index is 8.80. The molecule has 1 fully saturated rings. The minimum absolute atomic E-state index is 0.412. The van der Waals surface area contributed by atoms with Crippen molar-refractivity contribution in [3.05, 3.63) is 35.4 Å². The maximum Gasteiger partial charge on any atom is 0.0991 e. The van der Waals surface area contributed by atoms with Gasteiger partial charge in [0.2, 0.25) is 0 Å². The first-order chi connectivity index (χ1) is 8.50. The third-order valence-corrected chi connectivity index (χ3v) is 6.59. The number of nitriles is 1. The van der Waals surface area contributed by atoms with Crippen LogP contribution in [-0.2, 0) is 0 Å². The van der Waals surface area contributed by atoms with Crippen molar-refractivity contribution >= 4 is 23.5 Å². The Morgan fingerprint density at radius 3 is 2.11 bits per heavy atom. The van der Waals surface area contributed by atoms with Crippen LogP contribution in [0.1, 0.15) is 36.5 Å². The van der Waals surface area contributed by atoms with Gasteiger partial charge in [0.1, 0.15) is 0 Å². The van der Waals surface area contributed by atoms with Crippen molar-refractivity contribution in [3.8, 4) is 6.07 Å². The first kappa shape index (κ1) is 13.8. The van der Waals surface area contributed by atoms with E-state index in [0.29, 0.717) is 10.00 Å². The minimum atomic E-state index is 0.412. The van der Waals surface area contributed by atoms with Crippen molar-refractivity contribution in [2.75, 3.05) is 11.5 Å². The van der Waals surface area contributed by atoms with Crippen molar-refractivity contribution in [2.24, 2.45) is 11.3 Å². The highest BCUT2D eigenvalue weighted by Gasteiger charge is 2.31. The van der Waals surface area contributed by atoms with Gasteiger partial charge in [0, 0.05) is 0 Å². The zero-order valence-corrected chi connectivity index (χ0v) is 12.8. The van der Waals surface area contributed by atoms with Crippen LogP contribution in [0.25, 0.3) is 0 Å². The fraction of sp³-hybridized carbons (Fsp3) is 0.533. The third-order valence-electron chi connectivity index (χ3n) is 3.43. The lowest BCUT2D eigenvalue weighted by Crippen LogP contribution is -2.27. The number of thioether (sulfide) groups is 2. The minimum Gasteiger partial charge on any atom is -0.192 e. The first-order valence-corrected chi connectivity index (χ1v) is 8.34. The van der Waals surface area contributed by atoms with Gasteiger partial charge in [-0.2, -0.15) is 5.26 Å². The molecule has 1 aromatic rings. The molecule has 0 aliphatic carbocycles. The molecule has 96 valence electrons. The monoisotopic (exact) mass is 277 g/mol. The van der Waals surface area contributed by atoms with Crippen LogP contribution in [0.2, 0.25) is 0 Å². The third kappa shape index (κ3) is 3.24. The van der Waals surface area contributed by atoms with Gasteiger partial charge in [-0.25, -0.2) is 0 Å². The predicted molar refractivity (Wildman–Crippen MR) is 81.8 cm³/mol. The van der Waals surface area contributed by atoms with E-state index in [-0.39, 0.29) is 0 Å². The van der Waals surface area contributed by atoms with Crippen LogP contribution in [0.15, 0.2) is 24.3 Å². The lowest BCUT2D eigenvalue weighted by molar-refractivity contribution is 0.292. The summed E-state index contributed by atoms with van der Waals surface area (Å²) in [5.41, 5.74) is 2.50. The Morgan fingerprint density at radius 1 is 1.11 bits per heavy atom. The van der Waals surface area contributed by atoms with Crippen molar-refractivity contribution in [1.29, 1.82) is 5.26 Å². The van der Waals surface area contributed by atoms with E-state index in [1.165, 1.54) is 17.1 Å². The van der Waals surface area contributed by atoms with E-state index in [1.54, 1.807) is 0 Å². The zero-order valence-electron chi connectivity index (χ0n) is 11.1. The summed E-state index contributed by atoms with van der Waals surface area (Å²) in [5.74, 6) is 3.27. The molecule has 0 amide bonds. The average Bonchev–Trinajstić information content (AvgIpc) is 2.38. The molecule has 0 radical (unpaired) electrons. The summed E-state index contributed by atoms with van der Waals surface area (Å²) in [6, 6.07) is 10.2. The molecule has 1 aromatic carbocycles. The predicted octanol–water partition coefficient (Wildman–Crippen LogP) is 4.70. The second-order valence-electron chi connectivity index (χ2n) is 5.80. The van der Waals surface area contributed by atoms with Crippen molar-refractivity contribution in [1.82, 2.24) is 0 Å². The van der Waals surface area contributed by atoms with Gasteiger partial charge >= 0.3 is 0 Å². The number of hydrogen-bond donors (Lipinski definition) is 0. The molecule has 1 aliphatic heterocycles. The summed E-state index contributed by atoms with van der Waals surface area (Å²) < 4.78 is 0.538. The summed E-state index contributed by atoms with van der Waals surface area (Å²) in [7, 11) is 0. The lowest BCUT2D eigenvalue weighted by atomic mass is 9.83. The Balaban J connectivity index is 1.99. The standard InChI is InChI=1S/C15H19NS2/c1-15(2,3)13-9-17-14(18-10-13)12-6-4-11(8-16)5-7-12/h4-7,13-14H,9-10H2,1-3H3. The molecular weight excluding hydrogens is 258 g/mol. The fourth-order valence-corrected chi connectivity index (χ4v) is 5.67. The van der Waals surface area contributed by atoms with Crippen molar-refractivity contribution in [2.45, 2.75) is 25.4 Å². The number of nitrogens with zero attached hydrogens (tertiary/aromatic N) is 1. The van der Waals surface area contributed by atoms with Crippen LogP contribution in [0.5, 0.6) is 0 Å². The van der Waals surface area contributed by atoms with E-state index in [2.05, 4.69) is 39.0 Å². The number of rotatable bonds is 1. The average molecular weight is 277 g/mol. The second kappa shape index (κ2) is 5.59.